The Morgan fingerprint density at radius 2 is 1.88 bits per heavy atom. The number of rotatable bonds is 5. The zero-order chi connectivity index (χ0) is 11.9. The van der Waals surface area contributed by atoms with E-state index in [0.29, 0.717) is 6.42 Å². The Balaban J connectivity index is 1.90. The van der Waals surface area contributed by atoms with Crippen LogP contribution in [0.1, 0.15) is 18.4 Å². The van der Waals surface area contributed by atoms with Gasteiger partial charge in [-0.15, -0.1) is 0 Å². The average molecular weight is 233 g/mol. The van der Waals surface area contributed by atoms with E-state index in [-0.39, 0.29) is 0 Å². The summed E-state index contributed by atoms with van der Waals surface area (Å²) in [5.74, 6) is 0. The van der Waals surface area contributed by atoms with Crippen molar-refractivity contribution in [1.29, 1.82) is 0 Å². The number of unbranched alkanes of at least 4 members (excludes halogenated alkanes) is 1. The van der Waals surface area contributed by atoms with Crippen LogP contribution >= 0.6 is 0 Å². The van der Waals surface area contributed by atoms with Crippen LogP contribution in [0.2, 0.25) is 0 Å². The van der Waals surface area contributed by atoms with E-state index in [1.54, 1.807) is 0 Å². The second-order valence-electron chi connectivity index (χ2n) is 4.32. The largest absolute Gasteiger partial charge is 0.378 e. The van der Waals surface area contributed by atoms with Crippen molar-refractivity contribution in [2.45, 2.75) is 19.3 Å². The van der Waals surface area contributed by atoms with Crippen molar-refractivity contribution >= 4 is 12.0 Å². The summed E-state index contributed by atoms with van der Waals surface area (Å²) in [6.07, 6.45) is 3.58. The molecule has 0 radical (unpaired) electrons. The molecule has 0 amide bonds. The Kier molecular flexibility index (Phi) is 4.56. The first-order chi connectivity index (χ1) is 8.40. The second-order valence-corrected chi connectivity index (χ2v) is 4.32. The van der Waals surface area contributed by atoms with Crippen molar-refractivity contribution in [1.82, 2.24) is 0 Å². The summed E-state index contributed by atoms with van der Waals surface area (Å²) in [6, 6.07) is 8.66. The van der Waals surface area contributed by atoms with Gasteiger partial charge in [-0.05, 0) is 30.5 Å². The van der Waals surface area contributed by atoms with Gasteiger partial charge in [0, 0.05) is 25.2 Å². The smallest absolute Gasteiger partial charge is 0.120 e. The monoisotopic (exact) mass is 233 g/mol. The lowest BCUT2D eigenvalue weighted by Gasteiger charge is -2.28. The van der Waals surface area contributed by atoms with E-state index in [4.69, 9.17) is 4.74 Å². The lowest BCUT2D eigenvalue weighted by atomic mass is 10.1. The molecule has 0 atom stereocenters. The first-order valence-electron chi connectivity index (χ1n) is 6.25. The van der Waals surface area contributed by atoms with Crippen LogP contribution in [0.15, 0.2) is 24.3 Å². The van der Waals surface area contributed by atoms with Crippen LogP contribution in [0.25, 0.3) is 0 Å². The molecule has 17 heavy (non-hydrogen) atoms. The third kappa shape index (κ3) is 3.56. The van der Waals surface area contributed by atoms with Crippen molar-refractivity contribution < 1.29 is 9.53 Å². The number of nitrogens with zero attached hydrogens (tertiary/aromatic N) is 1. The molecule has 0 saturated carbocycles. The molecular weight excluding hydrogens is 214 g/mol. The number of hydrogen-bond donors (Lipinski definition) is 0. The van der Waals surface area contributed by atoms with E-state index < -0.39 is 0 Å². The summed E-state index contributed by atoms with van der Waals surface area (Å²) in [6.45, 7) is 3.59. The van der Waals surface area contributed by atoms with Crippen LogP contribution in [0.3, 0.4) is 0 Å². The minimum Gasteiger partial charge on any atom is -0.378 e. The van der Waals surface area contributed by atoms with Crippen LogP contribution in [-0.4, -0.2) is 32.6 Å². The van der Waals surface area contributed by atoms with Crippen LogP contribution in [0.5, 0.6) is 0 Å². The fourth-order valence-corrected chi connectivity index (χ4v) is 2.08. The number of aryl methyl sites for hydroxylation is 1. The molecule has 0 spiro atoms. The molecule has 0 aliphatic carbocycles. The fraction of sp³-hybridized carbons (Fsp3) is 0.500. The summed E-state index contributed by atoms with van der Waals surface area (Å²) in [4.78, 5) is 12.6. The Morgan fingerprint density at radius 3 is 2.53 bits per heavy atom. The van der Waals surface area contributed by atoms with Gasteiger partial charge in [0.05, 0.1) is 13.2 Å². The van der Waals surface area contributed by atoms with Gasteiger partial charge in [-0.1, -0.05) is 12.1 Å². The zero-order valence-electron chi connectivity index (χ0n) is 10.1. The van der Waals surface area contributed by atoms with E-state index in [1.165, 1.54) is 11.3 Å². The van der Waals surface area contributed by atoms with Gasteiger partial charge in [-0.25, -0.2) is 0 Å². The Labute approximate surface area is 102 Å². The molecule has 0 aromatic heterocycles. The van der Waals surface area contributed by atoms with Gasteiger partial charge in [-0.3, -0.25) is 0 Å². The molecule has 0 unspecified atom stereocenters. The van der Waals surface area contributed by atoms with Gasteiger partial charge in [0.25, 0.3) is 0 Å². The van der Waals surface area contributed by atoms with Crippen molar-refractivity contribution in [3.8, 4) is 0 Å². The summed E-state index contributed by atoms with van der Waals surface area (Å²) in [5, 5.41) is 0. The van der Waals surface area contributed by atoms with E-state index in [2.05, 4.69) is 29.2 Å². The Morgan fingerprint density at radius 1 is 1.18 bits per heavy atom. The molecule has 1 aromatic rings. The number of anilines is 1. The molecule has 1 aliphatic heterocycles. The highest BCUT2D eigenvalue weighted by atomic mass is 16.5. The SMILES string of the molecule is O=CCCCc1ccc(N2CCOCC2)cc1. The highest BCUT2D eigenvalue weighted by Gasteiger charge is 2.10. The standard InChI is InChI=1S/C14H19NO2/c16-10-2-1-3-13-4-6-14(7-5-13)15-8-11-17-12-9-15/h4-7,10H,1-3,8-9,11-12H2. The normalized spacial score (nSPS) is 15.9. The quantitative estimate of drug-likeness (QED) is 0.576. The van der Waals surface area contributed by atoms with Crippen molar-refractivity contribution in [2.75, 3.05) is 31.2 Å². The minimum absolute atomic E-state index is 0.658. The average Bonchev–Trinajstić information content (AvgIpc) is 2.41. The first-order valence-corrected chi connectivity index (χ1v) is 6.25. The number of carbonyl (C=O) groups excluding carboxylic acids is 1. The van der Waals surface area contributed by atoms with E-state index >= 15 is 0 Å². The molecule has 0 bridgehead atoms. The van der Waals surface area contributed by atoms with Gasteiger partial charge in [0.15, 0.2) is 0 Å². The van der Waals surface area contributed by atoms with E-state index in [0.717, 1.165) is 45.4 Å². The molecule has 2 rings (SSSR count). The van der Waals surface area contributed by atoms with Crippen LogP contribution in [-0.2, 0) is 16.0 Å². The predicted molar refractivity (Wildman–Crippen MR) is 68.5 cm³/mol. The van der Waals surface area contributed by atoms with Crippen molar-refractivity contribution in [2.24, 2.45) is 0 Å². The van der Waals surface area contributed by atoms with Gasteiger partial charge < -0.3 is 14.4 Å². The van der Waals surface area contributed by atoms with Gasteiger partial charge >= 0.3 is 0 Å². The van der Waals surface area contributed by atoms with E-state index in [9.17, 15) is 4.79 Å². The molecule has 3 heteroatoms. The number of aldehydes is 1. The third-order valence-electron chi connectivity index (χ3n) is 3.10. The Hall–Kier alpha value is -1.35. The molecule has 0 N–H and O–H groups in total. The maximum absolute atomic E-state index is 10.2. The highest BCUT2D eigenvalue weighted by molar-refractivity contribution is 5.49. The first kappa shape index (κ1) is 12.1. The van der Waals surface area contributed by atoms with Gasteiger partial charge in [0.1, 0.15) is 6.29 Å². The highest BCUT2D eigenvalue weighted by Crippen LogP contribution is 2.17. The second kappa shape index (κ2) is 6.40. The molecule has 1 saturated heterocycles. The summed E-state index contributed by atoms with van der Waals surface area (Å²) in [5.41, 5.74) is 2.58. The summed E-state index contributed by atoms with van der Waals surface area (Å²) < 4.78 is 5.34. The zero-order valence-corrected chi connectivity index (χ0v) is 10.1. The van der Waals surface area contributed by atoms with E-state index in [1.807, 2.05) is 0 Å². The number of ether oxygens (including phenoxy) is 1. The van der Waals surface area contributed by atoms with Gasteiger partial charge in [-0.2, -0.15) is 0 Å². The van der Waals surface area contributed by atoms with Crippen LogP contribution in [0.4, 0.5) is 5.69 Å². The van der Waals surface area contributed by atoms with Crippen molar-refractivity contribution in [3.63, 3.8) is 0 Å². The third-order valence-corrected chi connectivity index (χ3v) is 3.10. The van der Waals surface area contributed by atoms with Crippen molar-refractivity contribution in [3.05, 3.63) is 29.8 Å². The number of carbonyl (C=O) groups is 1. The molecule has 92 valence electrons. The fourth-order valence-electron chi connectivity index (χ4n) is 2.08. The maximum Gasteiger partial charge on any atom is 0.120 e. The van der Waals surface area contributed by atoms with Gasteiger partial charge in [0.2, 0.25) is 0 Å². The molecular formula is C14H19NO2. The van der Waals surface area contributed by atoms with Crippen LogP contribution in [0, 0.1) is 0 Å². The molecule has 1 fully saturated rings. The van der Waals surface area contributed by atoms with Crippen LogP contribution < -0.4 is 4.90 Å². The molecule has 1 aromatic carbocycles. The summed E-state index contributed by atoms with van der Waals surface area (Å²) >= 11 is 0. The molecule has 3 nitrogen and oxygen atoms in total. The number of morpholine rings is 1. The Bertz CT molecular complexity index is 342. The molecule has 1 aliphatic rings. The number of benzene rings is 1. The maximum atomic E-state index is 10.2. The lowest BCUT2D eigenvalue weighted by molar-refractivity contribution is -0.107. The summed E-state index contributed by atoms with van der Waals surface area (Å²) in [7, 11) is 0. The number of hydrogen-bond acceptors (Lipinski definition) is 3. The predicted octanol–water partition coefficient (Wildman–Crippen LogP) is 2.04. The molecule has 1 heterocycles. The lowest BCUT2D eigenvalue weighted by Crippen LogP contribution is -2.36. The topological polar surface area (TPSA) is 29.5 Å². The minimum atomic E-state index is 0.658.